The molecule has 0 unspecified atom stereocenters. The summed E-state index contributed by atoms with van der Waals surface area (Å²) in [4.78, 5) is 10.5. The number of hydrogen-bond donors (Lipinski definition) is 2. The highest BCUT2D eigenvalue weighted by molar-refractivity contribution is 9.10. The maximum Gasteiger partial charge on any atom is 0.371 e. The summed E-state index contributed by atoms with van der Waals surface area (Å²) >= 11 is 2.89. The Hall–Kier alpha value is -1.72. The highest BCUT2D eigenvalue weighted by Gasteiger charge is 2.24. The Morgan fingerprint density at radius 2 is 2.29 bits per heavy atom. The average molecular weight is 379 g/mol. The molecule has 2 aromatic rings. The van der Waals surface area contributed by atoms with Crippen LogP contribution < -0.4 is 4.72 Å². The van der Waals surface area contributed by atoms with Gasteiger partial charge in [-0.05, 0) is 22.4 Å². The summed E-state index contributed by atoms with van der Waals surface area (Å²) in [6.45, 7) is 0.678. The zero-order valence-electron chi connectivity index (χ0n) is 10.6. The van der Waals surface area contributed by atoms with Crippen LogP contribution in [0.1, 0.15) is 17.0 Å². The van der Waals surface area contributed by atoms with Crippen LogP contribution in [0.3, 0.4) is 0 Å². The van der Waals surface area contributed by atoms with Gasteiger partial charge in [-0.2, -0.15) is 0 Å². The van der Waals surface area contributed by atoms with Gasteiger partial charge in [0.25, 0.3) is 0 Å². The average Bonchev–Trinajstić information content (AvgIpc) is 3.04. The molecule has 21 heavy (non-hydrogen) atoms. The number of halogens is 1. The van der Waals surface area contributed by atoms with E-state index in [0.29, 0.717) is 13.0 Å². The van der Waals surface area contributed by atoms with Gasteiger partial charge in [0.2, 0.25) is 15.8 Å². The van der Waals surface area contributed by atoms with E-state index >= 15 is 0 Å². The maximum absolute atomic E-state index is 12.0. The van der Waals surface area contributed by atoms with E-state index < -0.39 is 21.8 Å². The lowest BCUT2D eigenvalue weighted by molar-refractivity contribution is 0.0661. The normalized spacial score (nSPS) is 11.7. The van der Waals surface area contributed by atoms with E-state index in [2.05, 4.69) is 31.0 Å². The third-order valence-corrected chi connectivity index (χ3v) is 4.80. The van der Waals surface area contributed by atoms with Crippen LogP contribution in [0, 0.1) is 0 Å². The lowest BCUT2D eigenvalue weighted by Crippen LogP contribution is -2.25. The van der Waals surface area contributed by atoms with Crippen molar-refractivity contribution in [2.24, 2.45) is 0 Å². The van der Waals surface area contributed by atoms with E-state index in [1.165, 1.54) is 6.20 Å². The second kappa shape index (κ2) is 6.37. The van der Waals surface area contributed by atoms with Crippen LogP contribution >= 0.6 is 15.9 Å². The van der Waals surface area contributed by atoms with Crippen molar-refractivity contribution in [3.8, 4) is 0 Å². The molecule has 0 bridgehead atoms. The summed E-state index contributed by atoms with van der Waals surface area (Å²) in [5.74, 6) is -1.80. The number of rotatable bonds is 7. The van der Waals surface area contributed by atoms with E-state index in [0.717, 1.165) is 6.07 Å². The molecule has 0 saturated heterocycles. The van der Waals surface area contributed by atoms with Crippen LogP contribution in [-0.4, -0.2) is 41.0 Å². The van der Waals surface area contributed by atoms with Crippen molar-refractivity contribution < 1.29 is 22.7 Å². The molecular formula is C10H11BrN4O5S. The summed E-state index contributed by atoms with van der Waals surface area (Å²) < 4.78 is 32.6. The number of furan rings is 1. The molecule has 0 spiro atoms. The molecule has 0 atom stereocenters. The van der Waals surface area contributed by atoms with Crippen molar-refractivity contribution in [2.75, 3.05) is 6.54 Å². The van der Waals surface area contributed by atoms with Gasteiger partial charge in [-0.25, -0.2) is 17.9 Å². The highest BCUT2D eigenvalue weighted by Crippen LogP contribution is 2.25. The van der Waals surface area contributed by atoms with Crippen LogP contribution in [0.4, 0.5) is 0 Å². The lowest BCUT2D eigenvalue weighted by Gasteiger charge is -2.04. The minimum atomic E-state index is -3.84. The van der Waals surface area contributed by atoms with Gasteiger partial charge in [-0.3, -0.25) is 4.68 Å². The van der Waals surface area contributed by atoms with Crippen molar-refractivity contribution >= 4 is 31.9 Å². The van der Waals surface area contributed by atoms with Gasteiger partial charge < -0.3 is 9.52 Å². The molecule has 2 heterocycles. The number of hydrogen-bond acceptors (Lipinski definition) is 6. The molecule has 2 N–H and O–H groups in total. The summed E-state index contributed by atoms with van der Waals surface area (Å²) in [7, 11) is -3.84. The summed E-state index contributed by atoms with van der Waals surface area (Å²) in [5, 5.41) is 16.1. The molecule has 11 heteroatoms. The fourth-order valence-electron chi connectivity index (χ4n) is 1.52. The Morgan fingerprint density at radius 1 is 1.52 bits per heavy atom. The Balaban J connectivity index is 1.96. The summed E-state index contributed by atoms with van der Waals surface area (Å²) in [5.41, 5.74) is 0. The minimum absolute atomic E-state index is 0.149. The minimum Gasteiger partial charge on any atom is -0.475 e. The molecule has 0 aliphatic carbocycles. The second-order valence-corrected chi connectivity index (χ2v) is 6.43. The number of carboxylic acid groups (broad SMARTS) is 1. The Kier molecular flexibility index (Phi) is 4.75. The highest BCUT2D eigenvalue weighted by atomic mass is 79.9. The fraction of sp³-hybridized carbons (Fsp3) is 0.300. The Labute approximate surface area is 128 Å². The first kappa shape index (κ1) is 15.7. The van der Waals surface area contributed by atoms with Gasteiger partial charge in [-0.15, -0.1) is 5.10 Å². The van der Waals surface area contributed by atoms with Crippen molar-refractivity contribution in [2.45, 2.75) is 17.9 Å². The Morgan fingerprint density at radius 3 is 2.86 bits per heavy atom. The number of aromatic carboxylic acids is 1. The number of carbonyl (C=O) groups is 1. The summed E-state index contributed by atoms with van der Waals surface area (Å²) in [6.07, 6.45) is 3.70. The number of aryl methyl sites for hydroxylation is 1. The molecule has 2 aromatic heterocycles. The monoisotopic (exact) mass is 378 g/mol. The molecule has 0 saturated carbocycles. The van der Waals surface area contributed by atoms with Gasteiger partial charge >= 0.3 is 5.97 Å². The quantitative estimate of drug-likeness (QED) is 0.678. The smallest absolute Gasteiger partial charge is 0.371 e. The molecule has 9 nitrogen and oxygen atoms in total. The van der Waals surface area contributed by atoms with Gasteiger partial charge in [-0.1, -0.05) is 5.21 Å². The number of nitrogens with zero attached hydrogens (tertiary/aromatic N) is 3. The first-order chi connectivity index (χ1) is 9.90. The predicted octanol–water partition coefficient (Wildman–Crippen LogP) is 0.700. The number of carboxylic acids is 1. The third kappa shape index (κ3) is 3.89. The van der Waals surface area contributed by atoms with Crippen molar-refractivity contribution in [3.05, 3.63) is 28.9 Å². The number of aromatic nitrogens is 3. The van der Waals surface area contributed by atoms with Crippen LogP contribution in [0.5, 0.6) is 0 Å². The van der Waals surface area contributed by atoms with Gasteiger partial charge in [0.15, 0.2) is 4.67 Å². The molecule has 0 aromatic carbocycles. The van der Waals surface area contributed by atoms with E-state index in [-0.39, 0.29) is 16.1 Å². The maximum atomic E-state index is 12.0. The first-order valence-electron chi connectivity index (χ1n) is 5.76. The molecule has 0 fully saturated rings. The van der Waals surface area contributed by atoms with Gasteiger partial charge in [0.1, 0.15) is 4.90 Å². The van der Waals surface area contributed by atoms with Crippen molar-refractivity contribution in [3.63, 3.8) is 0 Å². The molecule has 2 rings (SSSR count). The van der Waals surface area contributed by atoms with Crippen molar-refractivity contribution in [1.82, 2.24) is 19.7 Å². The van der Waals surface area contributed by atoms with E-state index in [1.807, 2.05) is 0 Å². The standard InChI is InChI=1S/C10H11BrN4O5S/c11-9-8(6-7(20-9)10(16)17)21(18,19)13-2-1-4-15-5-3-12-14-15/h3,5-6,13H,1-2,4H2,(H,16,17). The van der Waals surface area contributed by atoms with Crippen LogP contribution in [0.15, 0.2) is 32.4 Å². The van der Waals surface area contributed by atoms with E-state index in [9.17, 15) is 13.2 Å². The largest absolute Gasteiger partial charge is 0.475 e. The molecule has 114 valence electrons. The SMILES string of the molecule is O=C(O)c1cc(S(=O)(=O)NCCCn2ccnn2)c(Br)o1. The van der Waals surface area contributed by atoms with E-state index in [1.54, 1.807) is 10.9 Å². The van der Waals surface area contributed by atoms with Crippen LogP contribution in [-0.2, 0) is 16.6 Å². The second-order valence-electron chi connectivity index (χ2n) is 3.97. The number of sulfonamides is 1. The van der Waals surface area contributed by atoms with Gasteiger partial charge in [0.05, 0.1) is 6.20 Å². The molecule has 0 aliphatic heterocycles. The fourth-order valence-corrected chi connectivity index (χ4v) is 3.53. The first-order valence-corrected chi connectivity index (χ1v) is 8.04. The van der Waals surface area contributed by atoms with Gasteiger partial charge in [0, 0.05) is 25.4 Å². The third-order valence-electron chi connectivity index (χ3n) is 2.48. The predicted molar refractivity (Wildman–Crippen MR) is 73.2 cm³/mol. The zero-order chi connectivity index (χ0) is 15.5. The topological polar surface area (TPSA) is 127 Å². The van der Waals surface area contributed by atoms with E-state index in [4.69, 9.17) is 9.52 Å². The Bertz CT molecular complexity index is 725. The van der Waals surface area contributed by atoms with Crippen LogP contribution in [0.2, 0.25) is 0 Å². The molecule has 0 aliphatic rings. The lowest BCUT2D eigenvalue weighted by atomic mass is 10.4. The summed E-state index contributed by atoms with van der Waals surface area (Å²) in [6, 6.07) is 0.951. The zero-order valence-corrected chi connectivity index (χ0v) is 13.0. The molecular weight excluding hydrogens is 368 g/mol. The number of nitrogens with one attached hydrogen (secondary N) is 1. The van der Waals surface area contributed by atoms with Crippen LogP contribution in [0.25, 0.3) is 0 Å². The van der Waals surface area contributed by atoms with Crippen molar-refractivity contribution in [1.29, 1.82) is 0 Å². The molecule has 0 amide bonds. The molecule has 0 radical (unpaired) electrons.